The van der Waals surface area contributed by atoms with E-state index in [0.717, 1.165) is 15.4 Å². The zero-order valence-corrected chi connectivity index (χ0v) is 30.0. The molecule has 2 atom stereocenters. The van der Waals surface area contributed by atoms with Crippen molar-refractivity contribution < 1.29 is 27.5 Å². The summed E-state index contributed by atoms with van der Waals surface area (Å²) in [5, 5.41) is 3.05. The summed E-state index contributed by atoms with van der Waals surface area (Å²) in [5.41, 5.74) is 1.86. The molecule has 4 aromatic rings. The van der Waals surface area contributed by atoms with Crippen molar-refractivity contribution in [2.24, 2.45) is 0 Å². The van der Waals surface area contributed by atoms with Crippen LogP contribution in [0.15, 0.2) is 112 Å². The highest BCUT2D eigenvalue weighted by atomic mass is 79.9. The fraction of sp³-hybridized carbons (Fsp3) is 0.297. The number of hydrogen-bond donors (Lipinski definition) is 1. The minimum Gasteiger partial charge on any atom is -0.497 e. The summed E-state index contributed by atoms with van der Waals surface area (Å²) in [4.78, 5) is 30.1. The van der Waals surface area contributed by atoms with E-state index in [2.05, 4.69) is 21.2 Å². The third-order valence-electron chi connectivity index (χ3n) is 7.88. The van der Waals surface area contributed by atoms with Crippen molar-refractivity contribution in [2.75, 3.05) is 24.6 Å². The number of hydrogen-bond acceptors (Lipinski definition) is 6. The van der Waals surface area contributed by atoms with Crippen molar-refractivity contribution >= 4 is 43.5 Å². The van der Waals surface area contributed by atoms with Gasteiger partial charge in [-0.05, 0) is 92.1 Å². The van der Waals surface area contributed by atoms with Crippen LogP contribution in [0.4, 0.5) is 5.69 Å². The van der Waals surface area contributed by atoms with Crippen LogP contribution in [0.5, 0.6) is 11.5 Å². The Labute approximate surface area is 292 Å². The monoisotopic (exact) mass is 735 g/mol. The number of amides is 2. The van der Waals surface area contributed by atoms with E-state index in [1.165, 1.54) is 17.0 Å². The summed E-state index contributed by atoms with van der Waals surface area (Å²) < 4.78 is 41.3. The number of sulfonamides is 1. The van der Waals surface area contributed by atoms with E-state index < -0.39 is 28.5 Å². The molecule has 11 heteroatoms. The molecule has 0 unspecified atom stereocenters. The van der Waals surface area contributed by atoms with Crippen LogP contribution in [0, 0.1) is 0 Å². The molecule has 0 aliphatic carbocycles. The van der Waals surface area contributed by atoms with Crippen LogP contribution in [0.25, 0.3) is 0 Å². The summed E-state index contributed by atoms with van der Waals surface area (Å²) in [6.07, 6.45) is 0.923. The van der Waals surface area contributed by atoms with E-state index in [0.29, 0.717) is 29.0 Å². The number of rotatable bonds is 16. The Morgan fingerprint density at radius 1 is 0.854 bits per heavy atom. The van der Waals surface area contributed by atoms with E-state index in [1.54, 1.807) is 55.6 Å². The van der Waals surface area contributed by atoms with Gasteiger partial charge in [0, 0.05) is 23.5 Å². The van der Waals surface area contributed by atoms with Crippen LogP contribution in [0.2, 0.25) is 0 Å². The number of carbonyl (C=O) groups excluding carboxylic acids is 2. The summed E-state index contributed by atoms with van der Waals surface area (Å²) in [6, 6.07) is 28.4. The van der Waals surface area contributed by atoms with E-state index in [4.69, 9.17) is 9.47 Å². The van der Waals surface area contributed by atoms with Gasteiger partial charge in [0.2, 0.25) is 11.8 Å². The molecule has 0 fully saturated rings. The molecule has 0 radical (unpaired) electrons. The molecule has 4 aromatic carbocycles. The molecule has 0 aliphatic heterocycles. The van der Waals surface area contributed by atoms with Gasteiger partial charge in [-0.15, -0.1) is 0 Å². The lowest BCUT2D eigenvalue weighted by Gasteiger charge is -2.34. The number of methoxy groups -OCH3 is 1. The number of carbonyl (C=O) groups is 2. The number of benzene rings is 4. The van der Waals surface area contributed by atoms with Crippen LogP contribution in [0.3, 0.4) is 0 Å². The van der Waals surface area contributed by atoms with Crippen molar-refractivity contribution in [3.63, 3.8) is 0 Å². The third kappa shape index (κ3) is 9.60. The molecule has 0 bridgehead atoms. The first-order valence-electron chi connectivity index (χ1n) is 15.8. The van der Waals surface area contributed by atoms with Crippen molar-refractivity contribution in [2.45, 2.75) is 57.1 Å². The van der Waals surface area contributed by atoms with Gasteiger partial charge in [0.25, 0.3) is 10.0 Å². The standard InChI is InChI=1S/C37H42BrN3O6S/c1-5-27(3)39-37(43)35(24-28-11-8-7-9-12-28)40(25-29-13-10-14-33(23-29)46-4)36(42)26-41(31-17-19-32(20-18-31)47-6-2)48(44,45)34-21-15-30(38)16-22-34/h7-23,27,35H,5-6,24-26H2,1-4H3,(H,39,43)/t27-,35+/m0/s1. The van der Waals surface area contributed by atoms with E-state index >= 15 is 0 Å². The van der Waals surface area contributed by atoms with Gasteiger partial charge in [0.15, 0.2) is 0 Å². The largest absolute Gasteiger partial charge is 0.497 e. The van der Waals surface area contributed by atoms with Gasteiger partial charge in [-0.2, -0.15) is 0 Å². The first kappa shape index (κ1) is 36.5. The molecule has 48 heavy (non-hydrogen) atoms. The average Bonchev–Trinajstić information content (AvgIpc) is 3.09. The Bertz CT molecular complexity index is 1750. The normalized spacial score (nSPS) is 12.4. The predicted octanol–water partition coefficient (Wildman–Crippen LogP) is 6.61. The first-order valence-corrected chi connectivity index (χ1v) is 18.1. The number of nitrogens with one attached hydrogen (secondary N) is 1. The van der Waals surface area contributed by atoms with Gasteiger partial charge in [-0.25, -0.2) is 8.42 Å². The molecule has 4 rings (SSSR count). The highest BCUT2D eigenvalue weighted by molar-refractivity contribution is 9.10. The molecule has 0 spiro atoms. The SMILES string of the molecule is CCOc1ccc(N(CC(=O)N(Cc2cccc(OC)c2)[C@H](Cc2ccccc2)C(=O)N[C@@H](C)CC)S(=O)(=O)c2ccc(Br)cc2)cc1. The summed E-state index contributed by atoms with van der Waals surface area (Å²) in [5.74, 6) is 0.288. The quantitative estimate of drug-likeness (QED) is 0.139. The number of nitrogens with zero attached hydrogens (tertiary/aromatic N) is 2. The topological polar surface area (TPSA) is 105 Å². The lowest BCUT2D eigenvalue weighted by atomic mass is 10.0. The Balaban J connectivity index is 1.82. The van der Waals surface area contributed by atoms with Crippen molar-refractivity contribution in [1.82, 2.24) is 10.2 Å². The van der Waals surface area contributed by atoms with Crippen LogP contribution < -0.4 is 19.1 Å². The lowest BCUT2D eigenvalue weighted by Crippen LogP contribution is -2.54. The summed E-state index contributed by atoms with van der Waals surface area (Å²) in [6.45, 7) is 5.66. The van der Waals surface area contributed by atoms with Gasteiger partial charge in [-0.1, -0.05) is 65.3 Å². The van der Waals surface area contributed by atoms with Crippen molar-refractivity contribution in [3.05, 3.63) is 119 Å². The predicted molar refractivity (Wildman–Crippen MR) is 192 cm³/mol. The number of anilines is 1. The molecule has 0 heterocycles. The Kier molecular flexibility index (Phi) is 13.0. The molecule has 254 valence electrons. The van der Waals surface area contributed by atoms with E-state index in [-0.39, 0.29) is 35.5 Å². The van der Waals surface area contributed by atoms with Gasteiger partial charge >= 0.3 is 0 Å². The Morgan fingerprint density at radius 2 is 1.52 bits per heavy atom. The number of halogens is 1. The summed E-state index contributed by atoms with van der Waals surface area (Å²) >= 11 is 3.37. The molecule has 0 aliphatic rings. The van der Waals surface area contributed by atoms with Crippen LogP contribution in [-0.2, 0) is 32.6 Å². The molecule has 2 amide bonds. The zero-order chi connectivity index (χ0) is 34.7. The molecule has 0 saturated heterocycles. The van der Waals surface area contributed by atoms with Gasteiger partial charge in [0.05, 0.1) is 24.3 Å². The molecule has 0 saturated carbocycles. The zero-order valence-electron chi connectivity index (χ0n) is 27.6. The minimum atomic E-state index is -4.23. The third-order valence-corrected chi connectivity index (χ3v) is 10.2. The second-order valence-electron chi connectivity index (χ2n) is 11.3. The van der Waals surface area contributed by atoms with Crippen molar-refractivity contribution in [1.29, 1.82) is 0 Å². The minimum absolute atomic E-state index is 0.0158. The maximum atomic E-state index is 14.7. The molecule has 9 nitrogen and oxygen atoms in total. The van der Waals surface area contributed by atoms with Gasteiger partial charge < -0.3 is 19.7 Å². The highest BCUT2D eigenvalue weighted by Crippen LogP contribution is 2.28. The van der Waals surface area contributed by atoms with Crippen LogP contribution in [0.1, 0.15) is 38.3 Å². The molecule has 1 N–H and O–H groups in total. The second kappa shape index (κ2) is 17.2. The fourth-order valence-corrected chi connectivity index (χ4v) is 6.78. The molecular weight excluding hydrogens is 694 g/mol. The average molecular weight is 737 g/mol. The maximum absolute atomic E-state index is 14.7. The molecule has 0 aromatic heterocycles. The van der Waals surface area contributed by atoms with E-state index in [1.807, 2.05) is 63.2 Å². The maximum Gasteiger partial charge on any atom is 0.264 e. The van der Waals surface area contributed by atoms with Crippen LogP contribution >= 0.6 is 15.9 Å². The fourth-order valence-electron chi connectivity index (χ4n) is 5.10. The first-order chi connectivity index (χ1) is 23.0. The van der Waals surface area contributed by atoms with Crippen LogP contribution in [-0.4, -0.2) is 57.5 Å². The van der Waals surface area contributed by atoms with Gasteiger partial charge in [-0.3, -0.25) is 13.9 Å². The highest BCUT2D eigenvalue weighted by Gasteiger charge is 2.35. The smallest absolute Gasteiger partial charge is 0.264 e. The Hall–Kier alpha value is -4.35. The Morgan fingerprint density at radius 3 is 2.15 bits per heavy atom. The summed E-state index contributed by atoms with van der Waals surface area (Å²) in [7, 11) is -2.68. The second-order valence-corrected chi connectivity index (χ2v) is 14.1. The van der Waals surface area contributed by atoms with Crippen molar-refractivity contribution in [3.8, 4) is 11.5 Å². The van der Waals surface area contributed by atoms with E-state index in [9.17, 15) is 18.0 Å². The van der Waals surface area contributed by atoms with Gasteiger partial charge in [0.1, 0.15) is 24.1 Å². The lowest BCUT2D eigenvalue weighted by molar-refractivity contribution is -0.140. The number of ether oxygens (including phenoxy) is 2. The molecular formula is C37H42BrN3O6S.